The average Bonchev–Trinajstić information content (AvgIpc) is 1.60. The van der Waals surface area contributed by atoms with Gasteiger partial charge in [-0.2, -0.15) is 0 Å². The van der Waals surface area contributed by atoms with Gasteiger partial charge in [0, 0.05) is 6.04 Å². The Morgan fingerprint density at radius 2 is 2.12 bits per heavy atom. The predicted molar refractivity (Wildman–Crippen MR) is 32.7 cm³/mol. The van der Waals surface area contributed by atoms with E-state index in [0.717, 1.165) is 12.8 Å². The molecule has 48 valence electrons. The molecule has 0 saturated heterocycles. The highest BCUT2D eigenvalue weighted by Gasteiger charge is 2.36. The van der Waals surface area contributed by atoms with Gasteiger partial charge in [0.15, 0.2) is 0 Å². The van der Waals surface area contributed by atoms with Crippen molar-refractivity contribution in [2.45, 2.75) is 31.4 Å². The minimum atomic E-state index is -0.367. The fraction of sp³-hybridized carbons (Fsp3) is 1.00. The van der Waals surface area contributed by atoms with Gasteiger partial charge in [-0.15, -0.1) is 0 Å². The first-order valence-electron chi connectivity index (χ1n) is 3.04. The molecule has 1 aliphatic rings. The van der Waals surface area contributed by atoms with E-state index in [1.807, 2.05) is 14.0 Å². The maximum absolute atomic E-state index is 9.17. The molecule has 2 N–H and O–H groups in total. The molecule has 0 aromatic carbocycles. The first-order chi connectivity index (χ1) is 3.64. The van der Waals surface area contributed by atoms with E-state index >= 15 is 0 Å². The van der Waals surface area contributed by atoms with Gasteiger partial charge in [0.25, 0.3) is 0 Å². The Kier molecular flexibility index (Phi) is 1.29. The fourth-order valence-corrected chi connectivity index (χ4v) is 1.21. The molecule has 0 heterocycles. The summed E-state index contributed by atoms with van der Waals surface area (Å²) in [5, 5.41) is 12.3. The molecular weight excluding hydrogens is 102 g/mol. The van der Waals surface area contributed by atoms with Crippen LogP contribution < -0.4 is 5.32 Å². The van der Waals surface area contributed by atoms with Crippen LogP contribution >= 0.6 is 0 Å². The van der Waals surface area contributed by atoms with Crippen molar-refractivity contribution >= 4 is 0 Å². The molecule has 0 unspecified atom stereocenters. The molecule has 0 radical (unpaired) electrons. The van der Waals surface area contributed by atoms with Gasteiger partial charge in [0.2, 0.25) is 0 Å². The smallest absolute Gasteiger partial charge is 0.0649 e. The molecule has 0 aromatic rings. The Labute approximate surface area is 49.9 Å². The molecule has 0 atom stereocenters. The Morgan fingerprint density at radius 1 is 1.62 bits per heavy atom. The van der Waals surface area contributed by atoms with Gasteiger partial charge in [0.05, 0.1) is 5.60 Å². The fourth-order valence-electron chi connectivity index (χ4n) is 1.21. The summed E-state index contributed by atoms with van der Waals surface area (Å²) in [5.41, 5.74) is -0.367. The summed E-state index contributed by atoms with van der Waals surface area (Å²) >= 11 is 0. The molecule has 1 saturated carbocycles. The van der Waals surface area contributed by atoms with Crippen LogP contribution in [0.2, 0.25) is 0 Å². The second-order valence-corrected chi connectivity index (χ2v) is 2.89. The number of rotatable bonds is 1. The highest BCUT2D eigenvalue weighted by molar-refractivity contribution is 4.93. The van der Waals surface area contributed by atoms with E-state index in [2.05, 4.69) is 5.32 Å². The third kappa shape index (κ3) is 1.01. The summed E-state index contributed by atoms with van der Waals surface area (Å²) in [6, 6.07) is 0.560. The minimum absolute atomic E-state index is 0.367. The number of hydrogen-bond donors (Lipinski definition) is 2. The molecular formula is C6H13NO. The van der Waals surface area contributed by atoms with Gasteiger partial charge in [-0.25, -0.2) is 0 Å². The summed E-state index contributed by atoms with van der Waals surface area (Å²) < 4.78 is 0. The third-order valence-corrected chi connectivity index (χ3v) is 1.78. The SMILES string of the molecule is CNC1CC(C)(O)C1. The van der Waals surface area contributed by atoms with E-state index in [0.29, 0.717) is 6.04 Å². The summed E-state index contributed by atoms with van der Waals surface area (Å²) in [4.78, 5) is 0. The van der Waals surface area contributed by atoms with Crippen LogP contribution in [-0.4, -0.2) is 23.8 Å². The molecule has 1 rings (SSSR count). The number of hydrogen-bond acceptors (Lipinski definition) is 2. The van der Waals surface area contributed by atoms with E-state index in [4.69, 9.17) is 0 Å². The van der Waals surface area contributed by atoms with Gasteiger partial charge >= 0.3 is 0 Å². The van der Waals surface area contributed by atoms with Crippen molar-refractivity contribution in [3.63, 3.8) is 0 Å². The minimum Gasteiger partial charge on any atom is -0.390 e. The number of aliphatic hydroxyl groups is 1. The first kappa shape index (κ1) is 6.05. The number of nitrogens with one attached hydrogen (secondary N) is 1. The Balaban J connectivity index is 2.21. The zero-order chi connectivity index (χ0) is 6.20. The van der Waals surface area contributed by atoms with Crippen molar-refractivity contribution in [1.82, 2.24) is 5.32 Å². The largest absolute Gasteiger partial charge is 0.390 e. The molecule has 8 heavy (non-hydrogen) atoms. The molecule has 1 aliphatic carbocycles. The first-order valence-corrected chi connectivity index (χ1v) is 3.04. The molecule has 2 heteroatoms. The Hall–Kier alpha value is -0.0800. The van der Waals surface area contributed by atoms with Gasteiger partial charge in [-0.3, -0.25) is 0 Å². The van der Waals surface area contributed by atoms with E-state index < -0.39 is 0 Å². The average molecular weight is 115 g/mol. The van der Waals surface area contributed by atoms with Crippen LogP contribution in [-0.2, 0) is 0 Å². The summed E-state index contributed by atoms with van der Waals surface area (Å²) in [5.74, 6) is 0. The van der Waals surface area contributed by atoms with Crippen LogP contribution in [0.1, 0.15) is 19.8 Å². The van der Waals surface area contributed by atoms with Crippen molar-refractivity contribution in [2.24, 2.45) is 0 Å². The quantitative estimate of drug-likeness (QED) is 0.508. The third-order valence-electron chi connectivity index (χ3n) is 1.78. The maximum Gasteiger partial charge on any atom is 0.0649 e. The normalized spacial score (nSPS) is 46.1. The van der Waals surface area contributed by atoms with Crippen LogP contribution in [0.15, 0.2) is 0 Å². The molecule has 0 aliphatic heterocycles. The summed E-state index contributed by atoms with van der Waals surface area (Å²) in [6.07, 6.45) is 1.81. The monoisotopic (exact) mass is 115 g/mol. The second kappa shape index (κ2) is 1.71. The topological polar surface area (TPSA) is 32.3 Å². The molecule has 0 aromatic heterocycles. The molecule has 1 fully saturated rings. The lowest BCUT2D eigenvalue weighted by molar-refractivity contribution is -0.0369. The van der Waals surface area contributed by atoms with Gasteiger partial charge < -0.3 is 10.4 Å². The van der Waals surface area contributed by atoms with E-state index in [1.54, 1.807) is 0 Å². The van der Waals surface area contributed by atoms with Crippen LogP contribution in [0, 0.1) is 0 Å². The van der Waals surface area contributed by atoms with Gasteiger partial charge in [0.1, 0.15) is 0 Å². The molecule has 0 spiro atoms. The zero-order valence-corrected chi connectivity index (χ0v) is 5.44. The van der Waals surface area contributed by atoms with E-state index in [1.165, 1.54) is 0 Å². The second-order valence-electron chi connectivity index (χ2n) is 2.89. The maximum atomic E-state index is 9.17. The highest BCUT2D eigenvalue weighted by Crippen LogP contribution is 2.30. The van der Waals surface area contributed by atoms with E-state index in [9.17, 15) is 5.11 Å². The van der Waals surface area contributed by atoms with Crippen LogP contribution in [0.25, 0.3) is 0 Å². The zero-order valence-electron chi connectivity index (χ0n) is 5.44. The van der Waals surface area contributed by atoms with Crippen molar-refractivity contribution in [2.75, 3.05) is 7.05 Å². The standard InChI is InChI=1S/C6H13NO/c1-6(8)3-5(4-6)7-2/h5,7-8H,3-4H2,1-2H3. The van der Waals surface area contributed by atoms with Crippen molar-refractivity contribution in [3.05, 3.63) is 0 Å². The Bertz CT molecular complexity index is 82.5. The van der Waals surface area contributed by atoms with Crippen LogP contribution in [0.4, 0.5) is 0 Å². The van der Waals surface area contributed by atoms with Gasteiger partial charge in [-0.05, 0) is 26.8 Å². The molecule has 0 bridgehead atoms. The lowest BCUT2D eigenvalue weighted by atomic mass is 9.77. The van der Waals surface area contributed by atoms with Crippen molar-refractivity contribution in [3.8, 4) is 0 Å². The predicted octanol–water partition coefficient (Wildman–Crippen LogP) is 0.119. The van der Waals surface area contributed by atoms with Crippen LogP contribution in [0.3, 0.4) is 0 Å². The van der Waals surface area contributed by atoms with Crippen LogP contribution in [0.5, 0.6) is 0 Å². The lowest BCUT2D eigenvalue weighted by Crippen LogP contribution is -2.50. The summed E-state index contributed by atoms with van der Waals surface area (Å²) in [6.45, 7) is 1.88. The molecule has 2 nitrogen and oxygen atoms in total. The van der Waals surface area contributed by atoms with Gasteiger partial charge in [-0.1, -0.05) is 0 Å². The molecule has 0 amide bonds. The van der Waals surface area contributed by atoms with Crippen molar-refractivity contribution in [1.29, 1.82) is 0 Å². The lowest BCUT2D eigenvalue weighted by Gasteiger charge is -2.40. The van der Waals surface area contributed by atoms with E-state index in [-0.39, 0.29) is 5.60 Å². The van der Waals surface area contributed by atoms with Crippen molar-refractivity contribution < 1.29 is 5.11 Å². The highest BCUT2D eigenvalue weighted by atomic mass is 16.3. The summed E-state index contributed by atoms with van der Waals surface area (Å²) in [7, 11) is 1.93. The Morgan fingerprint density at radius 3 is 2.25 bits per heavy atom.